The molecular formula is C11H10N4O2. The maximum Gasteiger partial charge on any atom is 0.345 e. The maximum absolute atomic E-state index is 11.5. The number of hydrogen-bond donors (Lipinski definition) is 0. The zero-order valence-corrected chi connectivity index (χ0v) is 9.41. The Labute approximate surface area is 96.7 Å². The summed E-state index contributed by atoms with van der Waals surface area (Å²) in [4.78, 5) is 15.9. The van der Waals surface area contributed by atoms with Crippen molar-refractivity contribution in [1.82, 2.24) is 0 Å². The van der Waals surface area contributed by atoms with Crippen LogP contribution in [0.5, 0.6) is 0 Å². The minimum atomic E-state index is -0.633. The number of azide groups is 1. The Kier molecular flexibility index (Phi) is 2.72. The van der Waals surface area contributed by atoms with Gasteiger partial charge in [0.25, 0.3) is 0 Å². The van der Waals surface area contributed by atoms with Gasteiger partial charge in [0, 0.05) is 36.1 Å². The van der Waals surface area contributed by atoms with Crippen LogP contribution in [0.1, 0.15) is 0 Å². The van der Waals surface area contributed by atoms with Crippen molar-refractivity contribution in [1.29, 1.82) is 0 Å². The summed E-state index contributed by atoms with van der Waals surface area (Å²) in [6.45, 7) is 0. The van der Waals surface area contributed by atoms with E-state index < -0.39 is 5.63 Å². The highest BCUT2D eigenvalue weighted by atomic mass is 16.4. The molecule has 0 aliphatic heterocycles. The predicted molar refractivity (Wildman–Crippen MR) is 65.6 cm³/mol. The van der Waals surface area contributed by atoms with Crippen LogP contribution in [0, 0.1) is 0 Å². The molecule has 0 saturated heterocycles. The molecular weight excluding hydrogens is 220 g/mol. The molecule has 1 aromatic carbocycles. The molecule has 2 aromatic rings. The van der Waals surface area contributed by atoms with Crippen LogP contribution in [0.25, 0.3) is 21.4 Å². The van der Waals surface area contributed by atoms with Crippen molar-refractivity contribution >= 4 is 22.3 Å². The Morgan fingerprint density at radius 1 is 1.35 bits per heavy atom. The minimum absolute atomic E-state index is 0.0300. The molecule has 0 aliphatic rings. The molecule has 0 amide bonds. The van der Waals surface area contributed by atoms with E-state index in [0.717, 1.165) is 11.1 Å². The van der Waals surface area contributed by atoms with E-state index in [1.54, 1.807) is 6.07 Å². The standard InChI is InChI=1S/C11H10N4O2/c1-15(2)8-4-3-7-5-9(13-14-12)11(16)17-10(7)6-8/h3-6H,1-2H3. The van der Waals surface area contributed by atoms with Crippen molar-refractivity contribution in [2.45, 2.75) is 0 Å². The van der Waals surface area contributed by atoms with E-state index in [-0.39, 0.29) is 5.69 Å². The second-order valence-corrected chi connectivity index (χ2v) is 3.73. The van der Waals surface area contributed by atoms with Crippen LogP contribution >= 0.6 is 0 Å². The highest BCUT2D eigenvalue weighted by molar-refractivity contribution is 5.82. The van der Waals surface area contributed by atoms with Crippen LogP contribution in [0.4, 0.5) is 11.4 Å². The van der Waals surface area contributed by atoms with Gasteiger partial charge in [-0.15, -0.1) is 0 Å². The second kappa shape index (κ2) is 4.19. The molecule has 0 fully saturated rings. The Balaban J connectivity index is 2.70. The molecule has 0 atom stereocenters. The van der Waals surface area contributed by atoms with Crippen molar-refractivity contribution in [3.8, 4) is 0 Å². The largest absolute Gasteiger partial charge is 0.422 e. The summed E-state index contributed by atoms with van der Waals surface area (Å²) >= 11 is 0. The van der Waals surface area contributed by atoms with Crippen LogP contribution in [-0.2, 0) is 0 Å². The summed E-state index contributed by atoms with van der Waals surface area (Å²) in [5.41, 5.74) is 9.04. The van der Waals surface area contributed by atoms with Gasteiger partial charge < -0.3 is 9.32 Å². The fourth-order valence-corrected chi connectivity index (χ4v) is 1.49. The molecule has 86 valence electrons. The molecule has 0 saturated carbocycles. The fourth-order valence-electron chi connectivity index (χ4n) is 1.49. The zero-order chi connectivity index (χ0) is 12.4. The van der Waals surface area contributed by atoms with Gasteiger partial charge in [0.1, 0.15) is 11.3 Å². The van der Waals surface area contributed by atoms with E-state index in [1.165, 1.54) is 6.07 Å². The molecule has 0 radical (unpaired) electrons. The van der Waals surface area contributed by atoms with Crippen molar-refractivity contribution in [2.75, 3.05) is 19.0 Å². The Morgan fingerprint density at radius 2 is 2.12 bits per heavy atom. The van der Waals surface area contributed by atoms with Gasteiger partial charge >= 0.3 is 5.63 Å². The quantitative estimate of drug-likeness (QED) is 0.344. The molecule has 0 spiro atoms. The van der Waals surface area contributed by atoms with Gasteiger partial charge in [-0.05, 0) is 23.7 Å². The number of hydrogen-bond acceptors (Lipinski definition) is 4. The summed E-state index contributed by atoms with van der Waals surface area (Å²) in [5.74, 6) is 0. The number of anilines is 1. The zero-order valence-electron chi connectivity index (χ0n) is 9.41. The van der Waals surface area contributed by atoms with E-state index in [1.807, 2.05) is 31.1 Å². The van der Waals surface area contributed by atoms with E-state index in [9.17, 15) is 4.79 Å². The van der Waals surface area contributed by atoms with Gasteiger partial charge in [-0.25, -0.2) is 4.79 Å². The first-order valence-electron chi connectivity index (χ1n) is 4.92. The van der Waals surface area contributed by atoms with Crippen LogP contribution in [0.2, 0.25) is 0 Å². The molecule has 6 heteroatoms. The summed E-state index contributed by atoms with van der Waals surface area (Å²) in [6.07, 6.45) is 0. The first-order chi connectivity index (χ1) is 8.11. The van der Waals surface area contributed by atoms with Crippen LogP contribution in [0.3, 0.4) is 0 Å². The topological polar surface area (TPSA) is 82.2 Å². The van der Waals surface area contributed by atoms with E-state index >= 15 is 0 Å². The summed E-state index contributed by atoms with van der Waals surface area (Å²) < 4.78 is 5.09. The summed E-state index contributed by atoms with van der Waals surface area (Å²) in [6, 6.07) is 6.98. The van der Waals surface area contributed by atoms with Gasteiger partial charge in [0.05, 0.1) is 0 Å². The first-order valence-corrected chi connectivity index (χ1v) is 4.92. The van der Waals surface area contributed by atoms with Gasteiger partial charge in [0.2, 0.25) is 0 Å². The van der Waals surface area contributed by atoms with Crippen molar-refractivity contribution in [3.63, 3.8) is 0 Å². The predicted octanol–water partition coefficient (Wildman–Crippen LogP) is 2.80. The smallest absolute Gasteiger partial charge is 0.345 e. The second-order valence-electron chi connectivity index (χ2n) is 3.73. The van der Waals surface area contributed by atoms with Crippen LogP contribution < -0.4 is 10.5 Å². The molecule has 2 rings (SSSR count). The van der Waals surface area contributed by atoms with Crippen molar-refractivity contribution in [2.24, 2.45) is 5.11 Å². The maximum atomic E-state index is 11.5. The monoisotopic (exact) mass is 230 g/mol. The van der Waals surface area contributed by atoms with Crippen molar-refractivity contribution < 1.29 is 4.42 Å². The fraction of sp³-hybridized carbons (Fsp3) is 0.182. The third-order valence-electron chi connectivity index (χ3n) is 2.37. The van der Waals surface area contributed by atoms with E-state index in [0.29, 0.717) is 5.58 Å². The molecule has 1 aromatic heterocycles. The number of benzene rings is 1. The molecule has 0 unspecified atom stereocenters. The number of fused-ring (bicyclic) bond motifs is 1. The molecule has 6 nitrogen and oxygen atoms in total. The lowest BCUT2D eigenvalue weighted by Gasteiger charge is -2.12. The lowest BCUT2D eigenvalue weighted by Crippen LogP contribution is -2.08. The lowest BCUT2D eigenvalue weighted by molar-refractivity contribution is 0.562. The summed E-state index contributed by atoms with van der Waals surface area (Å²) in [5, 5.41) is 4.00. The average Bonchev–Trinajstić information content (AvgIpc) is 2.29. The third kappa shape index (κ3) is 2.07. The normalized spacial score (nSPS) is 10.0. The highest BCUT2D eigenvalue weighted by Crippen LogP contribution is 2.22. The Morgan fingerprint density at radius 3 is 2.76 bits per heavy atom. The molecule has 0 N–H and O–H groups in total. The number of nitrogens with zero attached hydrogens (tertiary/aromatic N) is 4. The van der Waals surface area contributed by atoms with Crippen LogP contribution in [0.15, 0.2) is 38.6 Å². The lowest BCUT2D eigenvalue weighted by atomic mass is 10.2. The highest BCUT2D eigenvalue weighted by Gasteiger charge is 2.05. The van der Waals surface area contributed by atoms with Crippen molar-refractivity contribution in [3.05, 3.63) is 45.1 Å². The van der Waals surface area contributed by atoms with Gasteiger partial charge in [0.15, 0.2) is 0 Å². The number of rotatable bonds is 2. The molecule has 17 heavy (non-hydrogen) atoms. The SMILES string of the molecule is CN(C)c1ccc2cc(N=[N+]=[N-])c(=O)oc2c1. The Hall–Kier alpha value is -2.46. The minimum Gasteiger partial charge on any atom is -0.422 e. The van der Waals surface area contributed by atoms with Gasteiger partial charge in [-0.2, -0.15) is 0 Å². The molecule has 0 bridgehead atoms. The van der Waals surface area contributed by atoms with E-state index in [4.69, 9.17) is 9.95 Å². The third-order valence-corrected chi connectivity index (χ3v) is 2.37. The summed E-state index contributed by atoms with van der Waals surface area (Å²) in [7, 11) is 3.79. The Bertz CT molecular complexity index is 669. The molecule has 1 heterocycles. The van der Waals surface area contributed by atoms with Crippen LogP contribution in [-0.4, -0.2) is 14.1 Å². The molecule has 0 aliphatic carbocycles. The van der Waals surface area contributed by atoms with E-state index in [2.05, 4.69) is 10.0 Å². The average molecular weight is 230 g/mol. The van der Waals surface area contributed by atoms with Gasteiger partial charge in [-0.1, -0.05) is 5.11 Å². The first kappa shape index (κ1) is 11.0. The van der Waals surface area contributed by atoms with Gasteiger partial charge in [-0.3, -0.25) is 0 Å².